The van der Waals surface area contributed by atoms with Crippen molar-refractivity contribution in [2.45, 2.75) is 31.8 Å². The zero-order valence-electron chi connectivity index (χ0n) is 13.2. The Kier molecular flexibility index (Phi) is 5.25. The van der Waals surface area contributed by atoms with Crippen LogP contribution in [0.5, 0.6) is 5.88 Å². The van der Waals surface area contributed by atoms with Gasteiger partial charge < -0.3 is 9.64 Å². The third kappa shape index (κ3) is 4.55. The second kappa shape index (κ2) is 7.77. The van der Waals surface area contributed by atoms with Crippen LogP contribution in [0, 0.1) is 0 Å². The Hall–Kier alpha value is -2.36. The standard InChI is InChI=1S/C19H22N2O2/c22-19(11-6-9-16-7-2-1-3-8-16)21-14-12-17(15-21)23-18-10-4-5-13-20-18/h1-5,7-8,10,13,17H,6,9,11-12,14-15H2. The predicted molar refractivity (Wildman–Crippen MR) is 89.2 cm³/mol. The first-order valence-electron chi connectivity index (χ1n) is 8.20. The van der Waals surface area contributed by atoms with E-state index in [0.717, 1.165) is 25.8 Å². The molecule has 1 amide bonds. The summed E-state index contributed by atoms with van der Waals surface area (Å²) in [6, 6.07) is 15.9. The summed E-state index contributed by atoms with van der Waals surface area (Å²) in [6.07, 6.45) is 5.10. The van der Waals surface area contributed by atoms with Gasteiger partial charge in [0.05, 0.1) is 6.54 Å². The molecule has 4 nitrogen and oxygen atoms in total. The van der Waals surface area contributed by atoms with Gasteiger partial charge in [-0.3, -0.25) is 4.79 Å². The number of amides is 1. The van der Waals surface area contributed by atoms with Gasteiger partial charge in [-0.1, -0.05) is 36.4 Å². The third-order valence-corrected chi connectivity index (χ3v) is 4.12. The molecule has 0 spiro atoms. The van der Waals surface area contributed by atoms with Gasteiger partial charge in [-0.15, -0.1) is 0 Å². The molecule has 1 atom stereocenters. The minimum atomic E-state index is 0.0583. The SMILES string of the molecule is O=C(CCCc1ccccc1)N1CCC(Oc2ccccn2)C1. The van der Waals surface area contributed by atoms with Crippen molar-refractivity contribution in [3.8, 4) is 5.88 Å². The molecule has 23 heavy (non-hydrogen) atoms. The summed E-state index contributed by atoms with van der Waals surface area (Å²) >= 11 is 0. The fourth-order valence-electron chi connectivity index (χ4n) is 2.89. The van der Waals surface area contributed by atoms with Gasteiger partial charge in [0.25, 0.3) is 0 Å². The topological polar surface area (TPSA) is 42.4 Å². The molecule has 2 heterocycles. The van der Waals surface area contributed by atoms with Gasteiger partial charge in [-0.2, -0.15) is 0 Å². The molecule has 1 fully saturated rings. The van der Waals surface area contributed by atoms with E-state index in [9.17, 15) is 4.79 Å². The van der Waals surface area contributed by atoms with Crippen LogP contribution in [0.1, 0.15) is 24.8 Å². The number of rotatable bonds is 6. The number of likely N-dealkylation sites (tertiary alicyclic amines) is 1. The molecule has 0 radical (unpaired) electrons. The van der Waals surface area contributed by atoms with E-state index in [0.29, 0.717) is 18.8 Å². The lowest BCUT2D eigenvalue weighted by molar-refractivity contribution is -0.130. The maximum absolute atomic E-state index is 12.3. The van der Waals surface area contributed by atoms with Crippen LogP contribution in [0.4, 0.5) is 0 Å². The lowest BCUT2D eigenvalue weighted by Gasteiger charge is -2.17. The lowest BCUT2D eigenvalue weighted by Crippen LogP contribution is -2.30. The smallest absolute Gasteiger partial charge is 0.222 e. The van der Waals surface area contributed by atoms with Crippen molar-refractivity contribution in [1.29, 1.82) is 0 Å². The van der Waals surface area contributed by atoms with Gasteiger partial charge in [0.2, 0.25) is 11.8 Å². The van der Waals surface area contributed by atoms with Crippen molar-refractivity contribution in [1.82, 2.24) is 9.88 Å². The lowest BCUT2D eigenvalue weighted by atomic mass is 10.1. The number of hydrogen-bond acceptors (Lipinski definition) is 3. The predicted octanol–water partition coefficient (Wildman–Crippen LogP) is 3.08. The molecule has 120 valence electrons. The molecule has 0 aliphatic carbocycles. The fraction of sp³-hybridized carbons (Fsp3) is 0.368. The molecule has 1 aliphatic rings. The summed E-state index contributed by atoms with van der Waals surface area (Å²) in [5.74, 6) is 0.865. The highest BCUT2D eigenvalue weighted by atomic mass is 16.5. The van der Waals surface area contributed by atoms with Gasteiger partial charge in [-0.05, 0) is 24.5 Å². The molecule has 3 rings (SSSR count). The van der Waals surface area contributed by atoms with E-state index >= 15 is 0 Å². The second-order valence-corrected chi connectivity index (χ2v) is 5.88. The third-order valence-electron chi connectivity index (χ3n) is 4.12. The molecule has 1 aliphatic heterocycles. The van der Waals surface area contributed by atoms with Crippen molar-refractivity contribution in [2.24, 2.45) is 0 Å². The van der Waals surface area contributed by atoms with E-state index in [4.69, 9.17) is 4.74 Å². The van der Waals surface area contributed by atoms with Crippen LogP contribution in [-0.4, -0.2) is 35.0 Å². The van der Waals surface area contributed by atoms with Gasteiger partial charge in [0.1, 0.15) is 6.10 Å². The molecule has 0 bridgehead atoms. The Labute approximate surface area is 137 Å². The number of aromatic nitrogens is 1. The maximum Gasteiger partial charge on any atom is 0.222 e. The summed E-state index contributed by atoms with van der Waals surface area (Å²) < 4.78 is 5.82. The van der Waals surface area contributed by atoms with Crippen LogP contribution in [0.15, 0.2) is 54.7 Å². The monoisotopic (exact) mass is 310 g/mol. The first kappa shape index (κ1) is 15.5. The van der Waals surface area contributed by atoms with E-state index in [2.05, 4.69) is 17.1 Å². The summed E-state index contributed by atoms with van der Waals surface area (Å²) in [5, 5.41) is 0. The number of nitrogens with zero attached hydrogens (tertiary/aromatic N) is 2. The average molecular weight is 310 g/mol. The normalized spacial score (nSPS) is 17.2. The second-order valence-electron chi connectivity index (χ2n) is 5.88. The molecular weight excluding hydrogens is 288 g/mol. The molecule has 4 heteroatoms. The van der Waals surface area contributed by atoms with Crippen molar-refractivity contribution < 1.29 is 9.53 Å². The highest BCUT2D eigenvalue weighted by Gasteiger charge is 2.27. The van der Waals surface area contributed by atoms with E-state index < -0.39 is 0 Å². The van der Waals surface area contributed by atoms with E-state index in [-0.39, 0.29) is 12.0 Å². The average Bonchev–Trinajstić information content (AvgIpc) is 3.05. The molecular formula is C19H22N2O2. The summed E-state index contributed by atoms with van der Waals surface area (Å²) in [6.45, 7) is 1.45. The van der Waals surface area contributed by atoms with Crippen molar-refractivity contribution in [2.75, 3.05) is 13.1 Å². The molecule has 0 saturated carbocycles. The van der Waals surface area contributed by atoms with Crippen LogP contribution in [0.3, 0.4) is 0 Å². The molecule has 1 unspecified atom stereocenters. The quantitative estimate of drug-likeness (QED) is 0.823. The summed E-state index contributed by atoms with van der Waals surface area (Å²) in [5.41, 5.74) is 1.29. The first-order valence-corrected chi connectivity index (χ1v) is 8.20. The minimum absolute atomic E-state index is 0.0583. The van der Waals surface area contributed by atoms with E-state index in [1.54, 1.807) is 6.20 Å². The number of carbonyl (C=O) groups is 1. The fourth-order valence-corrected chi connectivity index (χ4v) is 2.89. The van der Waals surface area contributed by atoms with Gasteiger partial charge in [0, 0.05) is 31.6 Å². The molecule has 1 aromatic carbocycles. The highest BCUT2D eigenvalue weighted by Crippen LogP contribution is 2.17. The van der Waals surface area contributed by atoms with Crippen LogP contribution in [0.2, 0.25) is 0 Å². The minimum Gasteiger partial charge on any atom is -0.472 e. The summed E-state index contributed by atoms with van der Waals surface area (Å²) in [7, 11) is 0. The zero-order valence-corrected chi connectivity index (χ0v) is 13.2. The zero-order chi connectivity index (χ0) is 15.9. The van der Waals surface area contributed by atoms with Crippen LogP contribution >= 0.6 is 0 Å². The Balaban J connectivity index is 1.41. The Morgan fingerprint density at radius 1 is 1.17 bits per heavy atom. The Bertz CT molecular complexity index is 616. The van der Waals surface area contributed by atoms with Crippen LogP contribution in [0.25, 0.3) is 0 Å². The molecule has 0 N–H and O–H groups in total. The Morgan fingerprint density at radius 3 is 2.78 bits per heavy atom. The number of aryl methyl sites for hydroxylation is 1. The van der Waals surface area contributed by atoms with Gasteiger partial charge in [0.15, 0.2) is 0 Å². The van der Waals surface area contributed by atoms with Crippen molar-refractivity contribution in [3.63, 3.8) is 0 Å². The number of ether oxygens (including phenoxy) is 1. The number of benzene rings is 1. The van der Waals surface area contributed by atoms with E-state index in [1.807, 2.05) is 41.3 Å². The van der Waals surface area contributed by atoms with E-state index in [1.165, 1.54) is 5.56 Å². The number of carbonyl (C=O) groups excluding carboxylic acids is 1. The van der Waals surface area contributed by atoms with Gasteiger partial charge >= 0.3 is 0 Å². The van der Waals surface area contributed by atoms with Crippen molar-refractivity contribution in [3.05, 3.63) is 60.3 Å². The summed E-state index contributed by atoms with van der Waals surface area (Å²) in [4.78, 5) is 18.4. The number of hydrogen-bond donors (Lipinski definition) is 0. The molecule has 2 aromatic rings. The Morgan fingerprint density at radius 2 is 2.00 bits per heavy atom. The highest BCUT2D eigenvalue weighted by molar-refractivity contribution is 5.76. The van der Waals surface area contributed by atoms with Gasteiger partial charge in [-0.25, -0.2) is 4.98 Å². The molecule has 1 aromatic heterocycles. The first-order chi connectivity index (χ1) is 11.3. The van der Waals surface area contributed by atoms with Crippen molar-refractivity contribution >= 4 is 5.91 Å². The molecule has 1 saturated heterocycles. The largest absolute Gasteiger partial charge is 0.472 e. The number of pyridine rings is 1. The maximum atomic E-state index is 12.3. The van der Waals surface area contributed by atoms with Crippen LogP contribution < -0.4 is 4.74 Å². The van der Waals surface area contributed by atoms with Crippen LogP contribution in [-0.2, 0) is 11.2 Å².